The number of ether oxygens (including phenoxy) is 1. The molecule has 1 amide bonds. The third-order valence-corrected chi connectivity index (χ3v) is 5.45. The van der Waals surface area contributed by atoms with Crippen LogP contribution >= 0.6 is 11.6 Å². The number of fused-ring (bicyclic) bond motifs is 1. The molecule has 31 heavy (non-hydrogen) atoms. The van der Waals surface area contributed by atoms with Crippen LogP contribution in [0.3, 0.4) is 0 Å². The third kappa shape index (κ3) is 4.30. The Bertz CT molecular complexity index is 1230. The number of nitrogens with zero attached hydrogens (tertiary/aromatic N) is 5. The molecule has 0 atom stereocenters. The second-order valence-electron chi connectivity index (χ2n) is 7.28. The molecule has 9 heteroatoms. The number of halogens is 1. The monoisotopic (exact) mass is 438 g/mol. The molecule has 160 valence electrons. The first-order chi connectivity index (χ1) is 15.0. The van der Waals surface area contributed by atoms with Crippen molar-refractivity contribution in [3.8, 4) is 0 Å². The first-order valence-corrected chi connectivity index (χ1v) is 10.2. The van der Waals surface area contributed by atoms with Crippen molar-refractivity contribution in [3.63, 3.8) is 0 Å². The summed E-state index contributed by atoms with van der Waals surface area (Å²) >= 11 is 6.64. The standard InChI is InChI=1S/C22H23ClN6O2/c1-14-4-6-16(7-5-14)26-22(30)17-12-25-21-19(20(17)23)15(2)27-29(21)13-18-24-8-9-28(18)10-11-31-3/h4-9,12H,10-11,13H2,1-3H3,(H,26,30). The molecule has 8 nitrogen and oxygen atoms in total. The van der Waals surface area contributed by atoms with Crippen LogP contribution in [0.5, 0.6) is 0 Å². The van der Waals surface area contributed by atoms with Crippen molar-refractivity contribution in [2.24, 2.45) is 0 Å². The molecular formula is C22H23ClN6O2. The van der Waals surface area contributed by atoms with E-state index < -0.39 is 0 Å². The summed E-state index contributed by atoms with van der Waals surface area (Å²) in [4.78, 5) is 21.7. The quantitative estimate of drug-likeness (QED) is 0.473. The van der Waals surface area contributed by atoms with E-state index in [-0.39, 0.29) is 5.91 Å². The number of hydrogen-bond donors (Lipinski definition) is 1. The number of imidazole rings is 1. The smallest absolute Gasteiger partial charge is 0.258 e. The Balaban J connectivity index is 1.63. The van der Waals surface area contributed by atoms with Crippen LogP contribution in [0.1, 0.15) is 27.4 Å². The zero-order chi connectivity index (χ0) is 22.0. The number of carbonyl (C=O) groups is 1. The number of aryl methyl sites for hydroxylation is 2. The Morgan fingerprint density at radius 1 is 1.19 bits per heavy atom. The molecule has 0 unspecified atom stereocenters. The largest absolute Gasteiger partial charge is 0.383 e. The average molecular weight is 439 g/mol. The molecule has 0 aliphatic heterocycles. The lowest BCUT2D eigenvalue weighted by atomic mass is 10.2. The predicted molar refractivity (Wildman–Crippen MR) is 120 cm³/mol. The zero-order valence-corrected chi connectivity index (χ0v) is 18.3. The number of methoxy groups -OCH3 is 1. The van der Waals surface area contributed by atoms with Gasteiger partial charge in [-0.15, -0.1) is 0 Å². The molecule has 3 heterocycles. The second kappa shape index (κ2) is 8.87. The minimum absolute atomic E-state index is 0.305. The maximum Gasteiger partial charge on any atom is 0.258 e. The highest BCUT2D eigenvalue weighted by molar-refractivity contribution is 6.39. The lowest BCUT2D eigenvalue weighted by Crippen LogP contribution is -2.14. The number of rotatable bonds is 7. The molecule has 0 bridgehead atoms. The number of nitrogens with one attached hydrogen (secondary N) is 1. The molecular weight excluding hydrogens is 416 g/mol. The number of hydrogen-bond acceptors (Lipinski definition) is 5. The van der Waals surface area contributed by atoms with Crippen LogP contribution in [-0.4, -0.2) is 43.9 Å². The number of aromatic nitrogens is 5. The minimum Gasteiger partial charge on any atom is -0.383 e. The SMILES string of the molecule is COCCn1ccnc1Cn1nc(C)c2c(Cl)c(C(=O)Nc3ccc(C)cc3)cnc21. The molecule has 0 spiro atoms. The van der Waals surface area contributed by atoms with Gasteiger partial charge in [-0.3, -0.25) is 4.79 Å². The van der Waals surface area contributed by atoms with Crippen molar-refractivity contribution >= 4 is 34.2 Å². The van der Waals surface area contributed by atoms with Gasteiger partial charge in [-0.05, 0) is 26.0 Å². The highest BCUT2D eigenvalue weighted by Gasteiger charge is 2.20. The van der Waals surface area contributed by atoms with Crippen LogP contribution < -0.4 is 5.32 Å². The van der Waals surface area contributed by atoms with E-state index in [2.05, 4.69) is 20.4 Å². The fourth-order valence-corrected chi connectivity index (χ4v) is 3.75. The van der Waals surface area contributed by atoms with Crippen LogP contribution in [0.25, 0.3) is 11.0 Å². The van der Waals surface area contributed by atoms with Gasteiger partial charge in [-0.25, -0.2) is 14.6 Å². The van der Waals surface area contributed by atoms with Gasteiger partial charge in [0.2, 0.25) is 0 Å². The number of pyridine rings is 1. The summed E-state index contributed by atoms with van der Waals surface area (Å²) in [6.45, 7) is 5.56. The average Bonchev–Trinajstić information content (AvgIpc) is 3.32. The van der Waals surface area contributed by atoms with E-state index in [0.29, 0.717) is 52.7 Å². The molecule has 0 aliphatic rings. The number of benzene rings is 1. The summed E-state index contributed by atoms with van der Waals surface area (Å²) in [6, 6.07) is 7.57. The highest BCUT2D eigenvalue weighted by atomic mass is 35.5. The zero-order valence-electron chi connectivity index (χ0n) is 17.6. The fourth-order valence-electron chi connectivity index (χ4n) is 3.40. The lowest BCUT2D eigenvalue weighted by molar-refractivity contribution is 0.102. The van der Waals surface area contributed by atoms with Gasteiger partial charge in [0.05, 0.1) is 28.3 Å². The lowest BCUT2D eigenvalue weighted by Gasteiger charge is -2.09. The van der Waals surface area contributed by atoms with Gasteiger partial charge < -0.3 is 14.6 Å². The topological polar surface area (TPSA) is 86.9 Å². The van der Waals surface area contributed by atoms with Crippen LogP contribution in [0.2, 0.25) is 5.02 Å². The van der Waals surface area contributed by atoms with Gasteiger partial charge in [-0.2, -0.15) is 5.10 Å². The van der Waals surface area contributed by atoms with Gasteiger partial charge >= 0.3 is 0 Å². The van der Waals surface area contributed by atoms with Gasteiger partial charge in [0.1, 0.15) is 12.4 Å². The Morgan fingerprint density at radius 2 is 1.97 bits per heavy atom. The molecule has 0 aliphatic carbocycles. The van der Waals surface area contributed by atoms with Gasteiger partial charge in [-0.1, -0.05) is 29.3 Å². The van der Waals surface area contributed by atoms with E-state index in [1.54, 1.807) is 18.0 Å². The van der Waals surface area contributed by atoms with E-state index in [1.807, 2.05) is 48.9 Å². The molecule has 1 aromatic carbocycles. The molecule has 1 N–H and O–H groups in total. The summed E-state index contributed by atoms with van der Waals surface area (Å²) in [5.41, 5.74) is 3.43. The Hall–Kier alpha value is -3.23. The van der Waals surface area contributed by atoms with Gasteiger partial charge in [0.25, 0.3) is 5.91 Å². The van der Waals surface area contributed by atoms with Crippen molar-refractivity contribution in [1.82, 2.24) is 24.3 Å². The van der Waals surface area contributed by atoms with E-state index in [1.165, 1.54) is 6.20 Å². The van der Waals surface area contributed by atoms with Crippen molar-refractivity contribution in [2.45, 2.75) is 26.9 Å². The Morgan fingerprint density at radius 3 is 2.71 bits per heavy atom. The number of amides is 1. The Kier molecular flexibility index (Phi) is 6.01. The van der Waals surface area contributed by atoms with E-state index in [9.17, 15) is 4.79 Å². The molecule has 3 aromatic heterocycles. The molecule has 4 aromatic rings. The van der Waals surface area contributed by atoms with Crippen LogP contribution in [0.4, 0.5) is 5.69 Å². The molecule has 0 saturated carbocycles. The number of carbonyl (C=O) groups excluding carboxylic acids is 1. The summed E-state index contributed by atoms with van der Waals surface area (Å²) in [5.74, 6) is 0.520. The summed E-state index contributed by atoms with van der Waals surface area (Å²) in [7, 11) is 1.67. The van der Waals surface area contributed by atoms with E-state index >= 15 is 0 Å². The molecule has 0 fully saturated rings. The maximum absolute atomic E-state index is 12.8. The van der Waals surface area contributed by atoms with Gasteiger partial charge in [0, 0.05) is 37.9 Å². The van der Waals surface area contributed by atoms with Crippen molar-refractivity contribution in [1.29, 1.82) is 0 Å². The maximum atomic E-state index is 12.8. The molecule has 0 saturated heterocycles. The van der Waals surface area contributed by atoms with Crippen molar-refractivity contribution in [3.05, 3.63) is 70.5 Å². The number of anilines is 1. The fraction of sp³-hybridized carbons (Fsp3) is 0.273. The van der Waals surface area contributed by atoms with Crippen LogP contribution in [0.15, 0.2) is 42.9 Å². The van der Waals surface area contributed by atoms with Crippen LogP contribution in [0, 0.1) is 13.8 Å². The summed E-state index contributed by atoms with van der Waals surface area (Å²) in [5, 5.41) is 8.45. The third-order valence-electron chi connectivity index (χ3n) is 5.06. The summed E-state index contributed by atoms with van der Waals surface area (Å²) < 4.78 is 8.92. The minimum atomic E-state index is -0.314. The van der Waals surface area contributed by atoms with Crippen LogP contribution in [-0.2, 0) is 17.8 Å². The summed E-state index contributed by atoms with van der Waals surface area (Å²) in [6.07, 6.45) is 5.14. The predicted octanol–water partition coefficient (Wildman–Crippen LogP) is 3.85. The normalized spacial score (nSPS) is 11.2. The molecule has 0 radical (unpaired) electrons. The highest BCUT2D eigenvalue weighted by Crippen LogP contribution is 2.29. The first kappa shape index (κ1) is 21.0. The second-order valence-corrected chi connectivity index (χ2v) is 7.66. The van der Waals surface area contributed by atoms with E-state index in [4.69, 9.17) is 16.3 Å². The first-order valence-electron chi connectivity index (χ1n) is 9.86. The van der Waals surface area contributed by atoms with Gasteiger partial charge in [0.15, 0.2) is 5.65 Å². The van der Waals surface area contributed by atoms with E-state index in [0.717, 1.165) is 11.4 Å². The molecule has 4 rings (SSSR count). The van der Waals surface area contributed by atoms with Crippen molar-refractivity contribution < 1.29 is 9.53 Å². The van der Waals surface area contributed by atoms with Crippen molar-refractivity contribution in [2.75, 3.05) is 19.0 Å². The Labute approximate surface area is 184 Å².